The second-order valence-corrected chi connectivity index (χ2v) is 6.95. The first-order chi connectivity index (χ1) is 16.3. The Morgan fingerprint density at radius 2 is 1.62 bits per heavy atom. The van der Waals surface area contributed by atoms with Crippen LogP contribution in [0.3, 0.4) is 0 Å². The molecule has 0 fully saturated rings. The Morgan fingerprint density at radius 3 is 2.32 bits per heavy atom. The zero-order valence-electron chi connectivity index (χ0n) is 19.0. The van der Waals surface area contributed by atoms with Crippen LogP contribution in [0.25, 0.3) is 0 Å². The Bertz CT molecular complexity index is 1020. The Hall–Kier alpha value is -3.92. The second kappa shape index (κ2) is 13.6. The van der Waals surface area contributed by atoms with Gasteiger partial charge in [-0.3, -0.25) is 9.59 Å². The molecule has 0 aliphatic rings. The largest absolute Gasteiger partial charge is 0.490 e. The Balaban J connectivity index is 2.04. The summed E-state index contributed by atoms with van der Waals surface area (Å²) in [5, 5.41) is 0. The van der Waals surface area contributed by atoms with Gasteiger partial charge in [-0.1, -0.05) is 25.5 Å². The predicted octanol–water partition coefficient (Wildman–Crippen LogP) is 3.02. The van der Waals surface area contributed by atoms with Gasteiger partial charge < -0.3 is 29.4 Å². The number of ether oxygens (including phenoxy) is 5. The van der Waals surface area contributed by atoms with Crippen molar-refractivity contribution < 1.29 is 42.9 Å². The van der Waals surface area contributed by atoms with E-state index in [1.165, 1.54) is 37.3 Å². The maximum atomic E-state index is 12.4. The minimum absolute atomic E-state index is 0.00330. The molecule has 0 aliphatic carbocycles. The molecule has 0 bridgehead atoms. The van der Waals surface area contributed by atoms with Crippen LogP contribution in [-0.4, -0.2) is 43.8 Å². The maximum Gasteiger partial charge on any atom is 0.344 e. The van der Waals surface area contributed by atoms with E-state index >= 15 is 0 Å². The number of carbonyl (C=O) groups excluding carboxylic acids is 4. The van der Waals surface area contributed by atoms with E-state index in [1.54, 1.807) is 12.1 Å². The molecule has 10 heteroatoms. The number of carbonyl (C=O) groups is 4. The quantitative estimate of drug-likeness (QED) is 0.212. The SMILES string of the molecule is CCCCOc1ccc(C(=O)OCOC(=O)c2ccccc2OC(C)=O)cc1OC(=O)CCN. The predicted molar refractivity (Wildman–Crippen MR) is 120 cm³/mol. The van der Waals surface area contributed by atoms with Crippen LogP contribution in [0.1, 0.15) is 53.8 Å². The van der Waals surface area contributed by atoms with Gasteiger partial charge in [0.1, 0.15) is 11.3 Å². The first kappa shape index (κ1) is 26.3. The highest BCUT2D eigenvalue weighted by Gasteiger charge is 2.18. The summed E-state index contributed by atoms with van der Waals surface area (Å²) in [6, 6.07) is 10.2. The van der Waals surface area contributed by atoms with Gasteiger partial charge in [0.2, 0.25) is 6.79 Å². The van der Waals surface area contributed by atoms with Crippen LogP contribution in [0.5, 0.6) is 17.2 Å². The van der Waals surface area contributed by atoms with E-state index in [1.807, 2.05) is 6.92 Å². The van der Waals surface area contributed by atoms with Crippen molar-refractivity contribution in [1.29, 1.82) is 0 Å². The van der Waals surface area contributed by atoms with Gasteiger partial charge in [0.25, 0.3) is 0 Å². The normalized spacial score (nSPS) is 10.2. The first-order valence-electron chi connectivity index (χ1n) is 10.6. The number of para-hydroxylation sites is 1. The van der Waals surface area contributed by atoms with Gasteiger partial charge in [-0.25, -0.2) is 9.59 Å². The fourth-order valence-corrected chi connectivity index (χ4v) is 2.63. The van der Waals surface area contributed by atoms with Gasteiger partial charge in [-0.2, -0.15) is 0 Å². The zero-order chi connectivity index (χ0) is 24.9. The van der Waals surface area contributed by atoms with Crippen molar-refractivity contribution in [1.82, 2.24) is 0 Å². The average molecular weight is 473 g/mol. The molecule has 0 atom stereocenters. The van der Waals surface area contributed by atoms with Crippen LogP contribution in [0.4, 0.5) is 0 Å². The topological polar surface area (TPSA) is 140 Å². The zero-order valence-corrected chi connectivity index (χ0v) is 19.0. The molecule has 2 aromatic carbocycles. The number of nitrogens with two attached hydrogens (primary N) is 1. The van der Waals surface area contributed by atoms with Crippen molar-refractivity contribution in [3.63, 3.8) is 0 Å². The molecule has 2 rings (SSSR count). The van der Waals surface area contributed by atoms with Crippen molar-refractivity contribution in [2.75, 3.05) is 19.9 Å². The second-order valence-electron chi connectivity index (χ2n) is 6.95. The minimum Gasteiger partial charge on any atom is -0.490 e. The van der Waals surface area contributed by atoms with E-state index < -0.39 is 30.7 Å². The fourth-order valence-electron chi connectivity index (χ4n) is 2.63. The molecule has 0 radical (unpaired) electrons. The molecule has 0 saturated carbocycles. The highest BCUT2D eigenvalue weighted by atomic mass is 16.7. The van der Waals surface area contributed by atoms with E-state index in [0.29, 0.717) is 12.4 Å². The van der Waals surface area contributed by atoms with Crippen LogP contribution >= 0.6 is 0 Å². The summed E-state index contributed by atoms with van der Waals surface area (Å²) in [5.41, 5.74) is 5.43. The van der Waals surface area contributed by atoms with Crippen molar-refractivity contribution in [2.45, 2.75) is 33.1 Å². The first-order valence-corrected chi connectivity index (χ1v) is 10.6. The lowest BCUT2D eigenvalue weighted by Crippen LogP contribution is -2.16. The Labute approximate surface area is 196 Å². The minimum atomic E-state index is -0.847. The highest BCUT2D eigenvalue weighted by Crippen LogP contribution is 2.29. The van der Waals surface area contributed by atoms with E-state index in [4.69, 9.17) is 29.4 Å². The van der Waals surface area contributed by atoms with Gasteiger partial charge in [-0.05, 0) is 36.8 Å². The number of esters is 4. The van der Waals surface area contributed by atoms with Gasteiger partial charge in [0.05, 0.1) is 18.6 Å². The number of unbranched alkanes of at least 4 members (excludes halogenated alkanes) is 1. The summed E-state index contributed by atoms with van der Waals surface area (Å²) >= 11 is 0. The van der Waals surface area contributed by atoms with Crippen molar-refractivity contribution >= 4 is 23.9 Å². The van der Waals surface area contributed by atoms with Gasteiger partial charge in [0, 0.05) is 13.5 Å². The molecule has 0 saturated heterocycles. The highest BCUT2D eigenvalue weighted by molar-refractivity contribution is 5.94. The molecule has 0 aliphatic heterocycles. The molecule has 0 heterocycles. The number of hydrogen-bond donors (Lipinski definition) is 1. The molecule has 34 heavy (non-hydrogen) atoms. The average Bonchev–Trinajstić information content (AvgIpc) is 2.80. The fraction of sp³-hybridized carbons (Fsp3) is 0.333. The number of rotatable bonds is 12. The molecule has 0 spiro atoms. The van der Waals surface area contributed by atoms with Crippen LogP contribution in [0.15, 0.2) is 42.5 Å². The third-order valence-corrected chi connectivity index (χ3v) is 4.25. The molecule has 0 aromatic heterocycles. The molecular weight excluding hydrogens is 446 g/mol. The lowest BCUT2D eigenvalue weighted by Gasteiger charge is -2.13. The molecule has 2 N–H and O–H groups in total. The Kier molecular flexibility index (Phi) is 10.5. The lowest BCUT2D eigenvalue weighted by atomic mass is 10.2. The summed E-state index contributed by atoms with van der Waals surface area (Å²) in [6.07, 6.45) is 1.70. The van der Waals surface area contributed by atoms with E-state index in [-0.39, 0.29) is 35.6 Å². The summed E-state index contributed by atoms with van der Waals surface area (Å²) < 4.78 is 25.8. The third kappa shape index (κ3) is 8.21. The van der Waals surface area contributed by atoms with E-state index in [2.05, 4.69) is 0 Å². The van der Waals surface area contributed by atoms with Crippen molar-refractivity contribution in [3.8, 4) is 17.2 Å². The van der Waals surface area contributed by atoms with Gasteiger partial charge in [-0.15, -0.1) is 0 Å². The van der Waals surface area contributed by atoms with Crippen LogP contribution in [0.2, 0.25) is 0 Å². The van der Waals surface area contributed by atoms with Crippen LogP contribution in [-0.2, 0) is 19.1 Å². The van der Waals surface area contributed by atoms with Gasteiger partial charge in [0.15, 0.2) is 11.5 Å². The van der Waals surface area contributed by atoms with Crippen LogP contribution in [0, 0.1) is 0 Å². The smallest absolute Gasteiger partial charge is 0.344 e. The summed E-state index contributed by atoms with van der Waals surface area (Å²) in [5.74, 6) is -2.47. The van der Waals surface area contributed by atoms with Gasteiger partial charge >= 0.3 is 23.9 Å². The molecule has 182 valence electrons. The van der Waals surface area contributed by atoms with E-state index in [9.17, 15) is 19.2 Å². The number of hydrogen-bond acceptors (Lipinski definition) is 10. The lowest BCUT2D eigenvalue weighted by molar-refractivity contribution is -0.134. The third-order valence-electron chi connectivity index (χ3n) is 4.25. The van der Waals surface area contributed by atoms with Crippen LogP contribution < -0.4 is 19.9 Å². The molecular formula is C24H27NO9. The monoisotopic (exact) mass is 473 g/mol. The molecule has 2 aromatic rings. The van der Waals surface area contributed by atoms with E-state index in [0.717, 1.165) is 12.8 Å². The number of benzene rings is 2. The van der Waals surface area contributed by atoms with Crippen molar-refractivity contribution in [2.24, 2.45) is 5.73 Å². The Morgan fingerprint density at radius 1 is 0.882 bits per heavy atom. The molecule has 10 nitrogen and oxygen atoms in total. The summed E-state index contributed by atoms with van der Waals surface area (Å²) in [7, 11) is 0. The summed E-state index contributed by atoms with van der Waals surface area (Å²) in [4.78, 5) is 47.8. The standard InChI is InChI=1S/C24H27NO9/c1-3-4-13-30-20-10-9-17(14-21(20)34-22(27)11-12-25)23(28)31-15-32-24(29)18-7-5-6-8-19(18)33-16(2)26/h5-10,14H,3-4,11-13,15,25H2,1-2H3. The molecule has 0 amide bonds. The maximum absolute atomic E-state index is 12.4. The summed E-state index contributed by atoms with van der Waals surface area (Å²) in [6.45, 7) is 3.03. The molecule has 0 unspecified atom stereocenters. The van der Waals surface area contributed by atoms with Crippen molar-refractivity contribution in [3.05, 3.63) is 53.6 Å².